The maximum atomic E-state index is 9.53. The molecule has 11 heavy (non-hydrogen) atoms. The van der Waals surface area contributed by atoms with E-state index in [0.717, 1.165) is 0 Å². The zero-order valence-electron chi connectivity index (χ0n) is 6.27. The molecule has 7 nitrogen and oxygen atoms in total. The van der Waals surface area contributed by atoms with Gasteiger partial charge in [-0.15, -0.1) is 0 Å². The van der Waals surface area contributed by atoms with Gasteiger partial charge < -0.3 is 31.0 Å². The Morgan fingerprint density at radius 1 is 1.55 bits per heavy atom. The van der Waals surface area contributed by atoms with E-state index in [-0.39, 0.29) is 29.6 Å². The fourth-order valence-corrected chi connectivity index (χ4v) is 0. The molecule has 3 N–H and O–H groups in total. The molecular formula is C3H7N2NaO5. The molecule has 0 spiro atoms. The van der Waals surface area contributed by atoms with Crippen LogP contribution < -0.4 is 40.4 Å². The molecule has 0 aromatic rings. The zero-order chi connectivity index (χ0) is 8.73. The van der Waals surface area contributed by atoms with E-state index in [1.54, 1.807) is 0 Å². The summed E-state index contributed by atoms with van der Waals surface area (Å²) in [7, 11) is 0. The molecule has 60 valence electrons. The van der Waals surface area contributed by atoms with Crippen molar-refractivity contribution in [3.8, 4) is 0 Å². The van der Waals surface area contributed by atoms with Crippen molar-refractivity contribution in [2.24, 2.45) is 0 Å². The summed E-state index contributed by atoms with van der Waals surface area (Å²) in [6.07, 6.45) is 0. The van der Waals surface area contributed by atoms with Gasteiger partial charge in [-0.2, -0.15) is 0 Å². The van der Waals surface area contributed by atoms with E-state index in [1.807, 2.05) is 0 Å². The molecule has 0 aromatic carbocycles. The number of hydrogen-bond donors (Lipinski definition) is 1. The van der Waals surface area contributed by atoms with Gasteiger partial charge in [0.2, 0.25) is 0 Å². The van der Waals surface area contributed by atoms with Gasteiger partial charge >= 0.3 is 29.6 Å². The molecule has 0 saturated heterocycles. The van der Waals surface area contributed by atoms with E-state index < -0.39 is 17.1 Å². The van der Waals surface area contributed by atoms with E-state index in [4.69, 9.17) is 15.3 Å². The molecule has 1 atom stereocenters. The molecule has 0 rings (SSSR count). The van der Waals surface area contributed by atoms with E-state index in [2.05, 4.69) is 5.73 Å². The van der Waals surface area contributed by atoms with Crippen molar-refractivity contribution >= 4 is 5.97 Å². The summed E-state index contributed by atoms with van der Waals surface area (Å²) in [5.41, 5.74) is 3.18. The van der Waals surface area contributed by atoms with Gasteiger partial charge in [0, 0.05) is 0 Å². The van der Waals surface area contributed by atoms with Gasteiger partial charge in [-0.25, -0.2) is 0 Å². The molecule has 8 heteroatoms. The quantitative estimate of drug-likeness (QED) is 0.240. The molecule has 0 unspecified atom stereocenters. The third kappa shape index (κ3) is 42.5. The average Bonchev–Trinajstić information content (AvgIpc) is 1.63. The molecular weight excluding hydrogens is 167 g/mol. The first-order valence-electron chi connectivity index (χ1n) is 2.23. The van der Waals surface area contributed by atoms with Crippen molar-refractivity contribution in [1.29, 1.82) is 0 Å². The van der Waals surface area contributed by atoms with Crippen molar-refractivity contribution in [3.05, 3.63) is 15.3 Å². The Hall–Kier alpha value is -0.370. The van der Waals surface area contributed by atoms with Crippen molar-refractivity contribution < 1.29 is 50.3 Å². The summed E-state index contributed by atoms with van der Waals surface area (Å²) in [5, 5.41) is 24.3. The second-order valence-electron chi connectivity index (χ2n) is 1.44. The summed E-state index contributed by atoms with van der Waals surface area (Å²) >= 11 is 0. The molecule has 0 aromatic heterocycles. The zero-order valence-corrected chi connectivity index (χ0v) is 8.27. The third-order valence-electron chi connectivity index (χ3n) is 0.402. The number of nitrogens with zero attached hydrogens (tertiary/aromatic N) is 1. The summed E-state index contributed by atoms with van der Waals surface area (Å²) in [4.78, 5) is 17.8. The van der Waals surface area contributed by atoms with Crippen LogP contribution in [0.1, 0.15) is 6.92 Å². The molecule has 0 bridgehead atoms. The smallest absolute Gasteiger partial charge is 0.544 e. The van der Waals surface area contributed by atoms with Gasteiger partial charge in [-0.05, 0) is 6.92 Å². The van der Waals surface area contributed by atoms with Crippen molar-refractivity contribution in [1.82, 2.24) is 0 Å². The number of rotatable bonds is 1. The summed E-state index contributed by atoms with van der Waals surface area (Å²) in [6.45, 7) is 1.47. The van der Waals surface area contributed by atoms with Crippen molar-refractivity contribution in [3.63, 3.8) is 0 Å². The van der Waals surface area contributed by atoms with Crippen LogP contribution in [0.15, 0.2) is 0 Å². The van der Waals surface area contributed by atoms with E-state index >= 15 is 0 Å². The van der Waals surface area contributed by atoms with Gasteiger partial charge in [-0.1, -0.05) is 0 Å². The maximum absolute atomic E-state index is 9.53. The minimum Gasteiger partial charge on any atom is -0.544 e. The normalized spacial score (nSPS) is 9.64. The number of carbonyl (C=O) groups is 1. The minimum atomic E-state index is -1.75. The predicted octanol–water partition coefficient (Wildman–Crippen LogP) is -5.87. The van der Waals surface area contributed by atoms with Crippen LogP contribution in [0.4, 0.5) is 0 Å². The molecule has 0 radical (unpaired) electrons. The molecule has 0 saturated carbocycles. The van der Waals surface area contributed by atoms with Crippen LogP contribution in [-0.4, -0.2) is 17.1 Å². The maximum Gasteiger partial charge on any atom is 1.00 e. The molecule has 0 aliphatic heterocycles. The Kier molecular flexibility index (Phi) is 14.8. The van der Waals surface area contributed by atoms with E-state index in [1.165, 1.54) is 6.92 Å². The third-order valence-corrected chi connectivity index (χ3v) is 0.402. The van der Waals surface area contributed by atoms with Crippen LogP contribution in [0.3, 0.4) is 0 Å². The van der Waals surface area contributed by atoms with Gasteiger partial charge in [0.05, 0.1) is 11.1 Å². The number of carboxylic acid groups (broad SMARTS) is 1. The van der Waals surface area contributed by atoms with Gasteiger partial charge in [-0.3, -0.25) is 0 Å². The molecule has 0 fully saturated rings. The molecule has 0 aliphatic carbocycles. The van der Waals surface area contributed by atoms with Crippen LogP contribution in [-0.2, 0) is 4.79 Å². The minimum absolute atomic E-state index is 0. The Morgan fingerprint density at radius 3 is 1.64 bits per heavy atom. The second kappa shape index (κ2) is 9.63. The van der Waals surface area contributed by atoms with Crippen LogP contribution in [0.25, 0.3) is 0 Å². The Balaban J connectivity index is -0.000000114. The van der Waals surface area contributed by atoms with Gasteiger partial charge in [0.1, 0.15) is 6.04 Å². The first-order valence-corrected chi connectivity index (χ1v) is 2.23. The summed E-state index contributed by atoms with van der Waals surface area (Å²) in [6, 6.07) is -0.593. The SMILES string of the molecule is C[C@H]([NH3+])C(=O)[O-].O=[N+]([O-])[O-].[Na+]. The predicted molar refractivity (Wildman–Crippen MR) is 27.7 cm³/mol. The number of aliphatic carboxylic acids is 1. The standard InChI is InChI=1S/C3H7NO2.NO3.Na/c1-2(4)3(5)6;2-1(3)4;/h2H,4H2,1H3,(H,5,6);;/q;-1;+1/t2-;;/m0../s1. The van der Waals surface area contributed by atoms with E-state index in [0.29, 0.717) is 0 Å². The second-order valence-corrected chi connectivity index (χ2v) is 1.44. The number of carbonyl (C=O) groups excluding carboxylic acids is 1. The Labute approximate surface area is 84.6 Å². The topological polar surface area (TPSA) is 134 Å². The summed E-state index contributed by atoms with van der Waals surface area (Å²) in [5.74, 6) is -1.10. The Bertz CT molecular complexity index is 123. The largest absolute Gasteiger partial charge is 1.00 e. The fraction of sp³-hybridized carbons (Fsp3) is 0.667. The molecule has 0 amide bonds. The first-order chi connectivity index (χ1) is 4.37. The van der Waals surface area contributed by atoms with Gasteiger partial charge in [0.25, 0.3) is 0 Å². The fourth-order valence-electron chi connectivity index (χ4n) is 0. The van der Waals surface area contributed by atoms with Crippen LogP contribution in [0.5, 0.6) is 0 Å². The first kappa shape index (κ1) is 16.9. The monoisotopic (exact) mass is 174 g/mol. The number of quaternary nitrogens is 1. The molecule has 0 aliphatic rings. The summed E-state index contributed by atoms with van der Waals surface area (Å²) < 4.78 is 0. The van der Waals surface area contributed by atoms with Crippen molar-refractivity contribution in [2.45, 2.75) is 13.0 Å². The van der Waals surface area contributed by atoms with Crippen LogP contribution >= 0.6 is 0 Å². The Morgan fingerprint density at radius 2 is 1.64 bits per heavy atom. The van der Waals surface area contributed by atoms with Gasteiger partial charge in [0.15, 0.2) is 0 Å². The molecule has 0 heterocycles. The van der Waals surface area contributed by atoms with Crippen LogP contribution in [0, 0.1) is 15.3 Å². The van der Waals surface area contributed by atoms with Crippen molar-refractivity contribution in [2.75, 3.05) is 0 Å². The van der Waals surface area contributed by atoms with E-state index in [9.17, 15) is 9.90 Å². The average molecular weight is 174 g/mol. The number of carboxylic acids is 1. The van der Waals surface area contributed by atoms with Crippen LogP contribution in [0.2, 0.25) is 0 Å². The number of hydrogen-bond acceptors (Lipinski definition) is 5.